The summed E-state index contributed by atoms with van der Waals surface area (Å²) in [7, 11) is 0. The van der Waals surface area contributed by atoms with Crippen LogP contribution in [0.1, 0.15) is 41.6 Å². The normalized spacial score (nSPS) is 14.8. The number of aromatic nitrogens is 1. The minimum absolute atomic E-state index is 0.612. The summed E-state index contributed by atoms with van der Waals surface area (Å²) in [6.45, 7) is 5.37. The number of rotatable bonds is 7. The molecule has 0 bridgehead atoms. The Morgan fingerprint density at radius 1 is 1.03 bits per heavy atom. The van der Waals surface area contributed by atoms with Gasteiger partial charge in [-0.05, 0) is 93.6 Å². The lowest BCUT2D eigenvalue weighted by Crippen LogP contribution is -2.33. The molecule has 1 saturated heterocycles. The van der Waals surface area contributed by atoms with Gasteiger partial charge in [-0.1, -0.05) is 35.5 Å². The first kappa shape index (κ1) is 22.2. The van der Waals surface area contributed by atoms with Crippen molar-refractivity contribution in [2.45, 2.75) is 39.2 Å². The summed E-state index contributed by atoms with van der Waals surface area (Å²) in [5.41, 5.74) is 4.78. The number of hydrogen-bond acceptors (Lipinski definition) is 5. The van der Waals surface area contributed by atoms with Crippen LogP contribution in [0.4, 0.5) is 0 Å². The van der Waals surface area contributed by atoms with E-state index >= 15 is 0 Å². The van der Waals surface area contributed by atoms with Gasteiger partial charge in [-0.15, -0.1) is 0 Å². The molecule has 4 aromatic rings. The van der Waals surface area contributed by atoms with Crippen molar-refractivity contribution in [3.8, 4) is 17.6 Å². The van der Waals surface area contributed by atoms with Gasteiger partial charge in [0.15, 0.2) is 5.58 Å². The van der Waals surface area contributed by atoms with E-state index in [2.05, 4.69) is 52.5 Å². The summed E-state index contributed by atoms with van der Waals surface area (Å²) >= 11 is 0. The van der Waals surface area contributed by atoms with E-state index in [1.165, 1.54) is 18.4 Å². The van der Waals surface area contributed by atoms with E-state index in [4.69, 9.17) is 14.5 Å². The fourth-order valence-electron chi connectivity index (χ4n) is 4.80. The maximum Gasteiger partial charge on any atom is 0.173 e. The number of ether oxygens (including phenoxy) is 1. The third kappa shape index (κ3) is 4.98. The Hall–Kier alpha value is -3.62. The predicted octanol–water partition coefficient (Wildman–Crippen LogP) is 6.65. The highest BCUT2D eigenvalue weighted by Gasteiger charge is 2.21. The average molecular weight is 452 g/mol. The van der Waals surface area contributed by atoms with Crippen molar-refractivity contribution in [1.82, 2.24) is 10.1 Å². The molecule has 0 saturated carbocycles. The monoisotopic (exact) mass is 451 g/mol. The van der Waals surface area contributed by atoms with Crippen LogP contribution in [0.15, 0.2) is 71.3 Å². The molecule has 2 heterocycles. The van der Waals surface area contributed by atoms with Crippen molar-refractivity contribution in [3.05, 3.63) is 89.1 Å². The van der Waals surface area contributed by atoms with Gasteiger partial charge in [0.1, 0.15) is 11.5 Å². The molecule has 1 aliphatic heterocycles. The standard InChI is InChI=1S/C29H29N3O2/c1-21-28(33-25-10-7-23(19-30)8-11-25)14-12-26-27(31-34-29(21)26)13-9-22-15-17-32(18-16-22)20-24-5-3-2-4-6-24/h2-8,10-12,14,22H,9,13,15-18,20H2,1H3. The lowest BCUT2D eigenvalue weighted by Gasteiger charge is -2.31. The summed E-state index contributed by atoms with van der Waals surface area (Å²) in [6, 6.07) is 24.0. The van der Waals surface area contributed by atoms with Crippen LogP contribution in [0.2, 0.25) is 0 Å². The quantitative estimate of drug-likeness (QED) is 0.315. The Morgan fingerprint density at radius 2 is 1.79 bits per heavy atom. The maximum absolute atomic E-state index is 8.96. The number of nitrogens with zero attached hydrogens (tertiary/aromatic N) is 3. The number of nitriles is 1. The summed E-state index contributed by atoms with van der Waals surface area (Å²) in [5, 5.41) is 14.4. The van der Waals surface area contributed by atoms with Gasteiger partial charge in [-0.2, -0.15) is 5.26 Å². The zero-order chi connectivity index (χ0) is 23.3. The van der Waals surface area contributed by atoms with Crippen molar-refractivity contribution in [2.24, 2.45) is 5.92 Å². The average Bonchev–Trinajstić information content (AvgIpc) is 3.30. The Morgan fingerprint density at radius 3 is 2.53 bits per heavy atom. The zero-order valence-electron chi connectivity index (χ0n) is 19.5. The second-order valence-corrected chi connectivity index (χ2v) is 9.18. The number of likely N-dealkylation sites (tertiary alicyclic amines) is 1. The van der Waals surface area contributed by atoms with Crippen molar-refractivity contribution < 1.29 is 9.26 Å². The van der Waals surface area contributed by atoms with E-state index in [1.807, 2.05) is 13.0 Å². The van der Waals surface area contributed by atoms with Crippen molar-refractivity contribution in [2.75, 3.05) is 13.1 Å². The van der Waals surface area contributed by atoms with E-state index in [1.54, 1.807) is 24.3 Å². The fourth-order valence-corrected chi connectivity index (χ4v) is 4.80. The molecule has 5 nitrogen and oxygen atoms in total. The maximum atomic E-state index is 8.96. The van der Waals surface area contributed by atoms with Gasteiger partial charge in [-0.25, -0.2) is 0 Å². The predicted molar refractivity (Wildman–Crippen MR) is 133 cm³/mol. The first-order chi connectivity index (χ1) is 16.7. The van der Waals surface area contributed by atoms with Crippen LogP contribution in [0.3, 0.4) is 0 Å². The largest absolute Gasteiger partial charge is 0.457 e. The highest BCUT2D eigenvalue weighted by molar-refractivity contribution is 5.84. The van der Waals surface area contributed by atoms with Crippen LogP contribution in [-0.4, -0.2) is 23.1 Å². The lowest BCUT2D eigenvalue weighted by atomic mass is 9.91. The molecule has 172 valence electrons. The molecule has 0 spiro atoms. The van der Waals surface area contributed by atoms with Gasteiger partial charge < -0.3 is 9.26 Å². The van der Waals surface area contributed by atoms with Crippen molar-refractivity contribution in [1.29, 1.82) is 5.26 Å². The van der Waals surface area contributed by atoms with E-state index in [0.29, 0.717) is 11.3 Å². The van der Waals surface area contributed by atoms with Gasteiger partial charge in [0, 0.05) is 17.5 Å². The number of piperidine rings is 1. The molecule has 0 radical (unpaired) electrons. The highest BCUT2D eigenvalue weighted by Crippen LogP contribution is 2.33. The second kappa shape index (κ2) is 10.1. The van der Waals surface area contributed by atoms with Gasteiger partial charge >= 0.3 is 0 Å². The Bertz CT molecular complexity index is 1280. The Kier molecular flexibility index (Phi) is 6.60. The first-order valence-corrected chi connectivity index (χ1v) is 12.0. The van der Waals surface area contributed by atoms with E-state index in [0.717, 1.165) is 66.4 Å². The van der Waals surface area contributed by atoms with Gasteiger partial charge in [0.25, 0.3) is 0 Å². The van der Waals surface area contributed by atoms with Crippen LogP contribution in [0.5, 0.6) is 11.5 Å². The van der Waals surface area contributed by atoms with Crippen molar-refractivity contribution >= 4 is 11.0 Å². The molecule has 5 rings (SSSR count). The molecule has 0 aliphatic carbocycles. The third-order valence-electron chi connectivity index (χ3n) is 6.87. The number of fused-ring (bicyclic) bond motifs is 1. The van der Waals surface area contributed by atoms with Crippen molar-refractivity contribution in [3.63, 3.8) is 0 Å². The summed E-state index contributed by atoms with van der Waals surface area (Å²) in [4.78, 5) is 2.57. The van der Waals surface area contributed by atoms with E-state index in [-0.39, 0.29) is 0 Å². The second-order valence-electron chi connectivity index (χ2n) is 9.18. The molecule has 0 amide bonds. The molecule has 1 aliphatic rings. The fraction of sp³-hybridized carbons (Fsp3) is 0.310. The van der Waals surface area contributed by atoms with Gasteiger partial charge in [0.2, 0.25) is 0 Å². The zero-order valence-corrected chi connectivity index (χ0v) is 19.5. The van der Waals surface area contributed by atoms with Crippen LogP contribution < -0.4 is 4.74 Å². The van der Waals surface area contributed by atoms with Crippen LogP contribution in [-0.2, 0) is 13.0 Å². The third-order valence-corrected chi connectivity index (χ3v) is 6.87. The Balaban J connectivity index is 1.18. The van der Waals surface area contributed by atoms with Crippen LogP contribution in [0.25, 0.3) is 11.0 Å². The molecule has 34 heavy (non-hydrogen) atoms. The summed E-state index contributed by atoms with van der Waals surface area (Å²) in [6.07, 6.45) is 4.56. The van der Waals surface area contributed by atoms with Crippen LogP contribution >= 0.6 is 0 Å². The Labute approximate surface area is 200 Å². The highest BCUT2D eigenvalue weighted by atomic mass is 16.5. The van der Waals surface area contributed by atoms with E-state index < -0.39 is 0 Å². The van der Waals surface area contributed by atoms with Gasteiger partial charge in [0.05, 0.1) is 17.3 Å². The molecule has 0 unspecified atom stereocenters. The molecule has 1 fully saturated rings. The minimum Gasteiger partial charge on any atom is -0.457 e. The molecule has 1 aromatic heterocycles. The van der Waals surface area contributed by atoms with E-state index in [9.17, 15) is 0 Å². The molecule has 0 N–H and O–H groups in total. The number of benzene rings is 3. The minimum atomic E-state index is 0.612. The molecule has 5 heteroatoms. The molecular weight excluding hydrogens is 422 g/mol. The number of aryl methyl sites for hydroxylation is 2. The SMILES string of the molecule is Cc1c(Oc2ccc(C#N)cc2)ccc2c(CCC3CCN(Cc4ccccc4)CC3)noc12. The molecule has 0 atom stereocenters. The first-order valence-electron chi connectivity index (χ1n) is 12.0. The summed E-state index contributed by atoms with van der Waals surface area (Å²) in [5.74, 6) is 2.17. The smallest absolute Gasteiger partial charge is 0.173 e. The topological polar surface area (TPSA) is 62.3 Å². The molecule has 3 aromatic carbocycles. The van der Waals surface area contributed by atoms with Gasteiger partial charge in [-0.3, -0.25) is 4.90 Å². The lowest BCUT2D eigenvalue weighted by molar-refractivity contribution is 0.172. The number of hydrogen-bond donors (Lipinski definition) is 0. The van der Waals surface area contributed by atoms with Crippen LogP contribution in [0, 0.1) is 24.2 Å². The summed E-state index contributed by atoms with van der Waals surface area (Å²) < 4.78 is 11.8. The molecular formula is C29H29N3O2.